The van der Waals surface area contributed by atoms with Gasteiger partial charge in [-0.2, -0.15) is 0 Å². The molecule has 2 aliphatic heterocycles. The monoisotopic (exact) mass is 448 g/mol. The van der Waals surface area contributed by atoms with E-state index in [0.717, 1.165) is 49.8 Å². The molecule has 0 radical (unpaired) electrons. The number of carbonyl (C=O) groups is 1. The number of carbonyl (C=O) groups excluding carboxylic acids is 1. The highest BCUT2D eigenvalue weighted by Gasteiger charge is 2.42. The highest BCUT2D eigenvalue weighted by atomic mass is 35.5. The summed E-state index contributed by atoms with van der Waals surface area (Å²) in [5, 5.41) is 3.64. The summed E-state index contributed by atoms with van der Waals surface area (Å²) in [7, 11) is 0. The van der Waals surface area contributed by atoms with Crippen molar-refractivity contribution in [1.82, 2.24) is 14.8 Å². The Morgan fingerprint density at radius 3 is 2.78 bits per heavy atom. The van der Waals surface area contributed by atoms with Crippen LogP contribution < -0.4 is 10.1 Å². The Balaban J connectivity index is 1.20. The number of likely N-dealkylation sites (tertiary alicyclic amines) is 2. The summed E-state index contributed by atoms with van der Waals surface area (Å²) in [5.41, 5.74) is 1.93. The molecule has 1 N–H and O–H groups in total. The molecule has 0 saturated carbocycles. The zero-order valence-electron chi connectivity index (χ0n) is 17.7. The Labute approximate surface area is 192 Å². The van der Waals surface area contributed by atoms with Gasteiger partial charge in [-0.05, 0) is 73.0 Å². The van der Waals surface area contributed by atoms with Gasteiger partial charge in [0.05, 0.1) is 11.9 Å². The minimum Gasteiger partial charge on any atom is -0.457 e. The summed E-state index contributed by atoms with van der Waals surface area (Å²) in [6.07, 6.45) is 4.48. The summed E-state index contributed by atoms with van der Waals surface area (Å²) in [6.45, 7) is 3.44. The van der Waals surface area contributed by atoms with Crippen LogP contribution in [0.1, 0.15) is 12.0 Å². The van der Waals surface area contributed by atoms with Gasteiger partial charge >= 0.3 is 6.03 Å². The molecule has 3 aromatic rings. The quantitative estimate of drug-likeness (QED) is 0.578. The number of urea groups is 1. The molecule has 0 bridgehead atoms. The maximum atomic E-state index is 12.7. The highest BCUT2D eigenvalue weighted by Crippen LogP contribution is 2.33. The second kappa shape index (κ2) is 9.18. The number of rotatable bonds is 5. The van der Waals surface area contributed by atoms with Crippen LogP contribution in [0.2, 0.25) is 5.02 Å². The number of fused-ring (bicyclic) bond motifs is 1. The predicted molar refractivity (Wildman–Crippen MR) is 125 cm³/mol. The van der Waals surface area contributed by atoms with Gasteiger partial charge in [0.25, 0.3) is 0 Å². The third-order valence-electron chi connectivity index (χ3n) is 6.20. The molecule has 2 unspecified atom stereocenters. The molecule has 2 atom stereocenters. The van der Waals surface area contributed by atoms with Crippen LogP contribution in [0.3, 0.4) is 0 Å². The molecule has 164 valence electrons. The molecule has 5 rings (SSSR count). The smallest absolute Gasteiger partial charge is 0.321 e. The number of pyridine rings is 1. The van der Waals surface area contributed by atoms with Crippen molar-refractivity contribution in [1.29, 1.82) is 0 Å². The number of anilines is 1. The van der Waals surface area contributed by atoms with Crippen molar-refractivity contribution in [3.05, 3.63) is 83.6 Å². The second-order valence-corrected chi connectivity index (χ2v) is 8.80. The lowest BCUT2D eigenvalue weighted by molar-refractivity contribution is 0.204. The third-order valence-corrected chi connectivity index (χ3v) is 6.45. The zero-order chi connectivity index (χ0) is 21.9. The minimum atomic E-state index is -0.0503. The van der Waals surface area contributed by atoms with E-state index in [1.807, 2.05) is 53.4 Å². The Hall–Kier alpha value is -3.09. The third kappa shape index (κ3) is 4.71. The fraction of sp³-hybridized carbons (Fsp3) is 0.280. The normalized spacial score (nSPS) is 20.2. The average Bonchev–Trinajstić information content (AvgIpc) is 3.39. The number of nitrogens with zero attached hydrogens (tertiary/aromatic N) is 3. The van der Waals surface area contributed by atoms with Gasteiger partial charge in [-0.25, -0.2) is 4.79 Å². The molecule has 0 aliphatic carbocycles. The van der Waals surface area contributed by atoms with E-state index in [0.29, 0.717) is 17.0 Å². The second-order valence-electron chi connectivity index (χ2n) is 8.37. The van der Waals surface area contributed by atoms with Gasteiger partial charge in [0.2, 0.25) is 0 Å². The van der Waals surface area contributed by atoms with Crippen molar-refractivity contribution in [3.8, 4) is 11.5 Å². The van der Waals surface area contributed by atoms with Gasteiger partial charge in [0.15, 0.2) is 0 Å². The van der Waals surface area contributed by atoms with Crippen molar-refractivity contribution < 1.29 is 9.53 Å². The van der Waals surface area contributed by atoms with E-state index in [1.54, 1.807) is 12.4 Å². The van der Waals surface area contributed by atoms with Crippen LogP contribution in [0.5, 0.6) is 11.5 Å². The van der Waals surface area contributed by atoms with Gasteiger partial charge in [-0.1, -0.05) is 23.7 Å². The lowest BCUT2D eigenvalue weighted by atomic mass is 10.0. The first kappa shape index (κ1) is 20.8. The first-order valence-electron chi connectivity index (χ1n) is 10.9. The number of aromatic nitrogens is 1. The van der Waals surface area contributed by atoms with E-state index in [-0.39, 0.29) is 6.03 Å². The molecule has 6 nitrogen and oxygen atoms in total. The molecule has 2 amide bonds. The van der Waals surface area contributed by atoms with Crippen LogP contribution in [0.25, 0.3) is 0 Å². The van der Waals surface area contributed by atoms with Crippen molar-refractivity contribution in [2.24, 2.45) is 5.92 Å². The molecule has 0 spiro atoms. The summed E-state index contributed by atoms with van der Waals surface area (Å²) in [5.74, 6) is 2.09. The topological polar surface area (TPSA) is 57.7 Å². The molecule has 2 aliphatic rings. The number of halogens is 1. The van der Waals surface area contributed by atoms with Crippen LogP contribution in [0.4, 0.5) is 10.5 Å². The van der Waals surface area contributed by atoms with Crippen LogP contribution in [0, 0.1) is 5.92 Å². The van der Waals surface area contributed by atoms with E-state index in [1.165, 1.54) is 5.56 Å². The summed E-state index contributed by atoms with van der Waals surface area (Å²) < 4.78 is 5.99. The summed E-state index contributed by atoms with van der Waals surface area (Å²) >= 11 is 5.96. The number of benzene rings is 2. The molecule has 2 fully saturated rings. The number of hydrogen-bond acceptors (Lipinski definition) is 4. The zero-order valence-corrected chi connectivity index (χ0v) is 18.4. The molecular formula is C25H25ClN4O2. The number of hydrogen-bond donors (Lipinski definition) is 1. The van der Waals surface area contributed by atoms with E-state index in [9.17, 15) is 4.79 Å². The maximum absolute atomic E-state index is 12.7. The van der Waals surface area contributed by atoms with E-state index < -0.39 is 0 Å². The molecular weight excluding hydrogens is 424 g/mol. The Kier molecular flexibility index (Phi) is 5.97. The SMILES string of the molecule is O=C(Nc1cccnc1)N1CC2CCN(Cc3cccc(Oc4ccc(Cl)cc4)c3)C2C1. The largest absolute Gasteiger partial charge is 0.457 e. The van der Waals surface area contributed by atoms with Crippen LogP contribution in [-0.4, -0.2) is 46.5 Å². The average molecular weight is 449 g/mol. The van der Waals surface area contributed by atoms with Gasteiger partial charge in [0, 0.05) is 36.9 Å². The first-order chi connectivity index (χ1) is 15.6. The molecule has 7 heteroatoms. The Bertz CT molecular complexity index is 1080. The van der Waals surface area contributed by atoms with Gasteiger partial charge in [-0.15, -0.1) is 0 Å². The van der Waals surface area contributed by atoms with E-state index in [2.05, 4.69) is 27.3 Å². The molecule has 1 aromatic heterocycles. The summed E-state index contributed by atoms with van der Waals surface area (Å²) in [4.78, 5) is 21.2. The minimum absolute atomic E-state index is 0.0503. The lowest BCUT2D eigenvalue weighted by Crippen LogP contribution is -2.38. The van der Waals surface area contributed by atoms with Crippen molar-refractivity contribution in [2.45, 2.75) is 19.0 Å². The van der Waals surface area contributed by atoms with Crippen molar-refractivity contribution in [2.75, 3.05) is 25.0 Å². The van der Waals surface area contributed by atoms with Crippen LogP contribution in [-0.2, 0) is 6.54 Å². The van der Waals surface area contributed by atoms with Gasteiger partial charge in [-0.3, -0.25) is 9.88 Å². The maximum Gasteiger partial charge on any atom is 0.321 e. The first-order valence-corrected chi connectivity index (χ1v) is 11.2. The summed E-state index contributed by atoms with van der Waals surface area (Å²) in [6, 6.07) is 19.6. The fourth-order valence-electron chi connectivity index (χ4n) is 4.63. The van der Waals surface area contributed by atoms with Crippen LogP contribution >= 0.6 is 11.6 Å². The highest BCUT2D eigenvalue weighted by molar-refractivity contribution is 6.30. The molecule has 2 aromatic carbocycles. The lowest BCUT2D eigenvalue weighted by Gasteiger charge is -2.25. The molecule has 3 heterocycles. The van der Waals surface area contributed by atoms with Crippen molar-refractivity contribution in [3.63, 3.8) is 0 Å². The fourth-order valence-corrected chi connectivity index (χ4v) is 4.76. The molecule has 32 heavy (non-hydrogen) atoms. The van der Waals surface area contributed by atoms with E-state index in [4.69, 9.17) is 16.3 Å². The van der Waals surface area contributed by atoms with Gasteiger partial charge in [0.1, 0.15) is 11.5 Å². The Morgan fingerprint density at radius 2 is 1.97 bits per heavy atom. The standard InChI is InChI=1S/C25H25ClN4O2/c26-20-6-8-22(9-7-20)32-23-5-1-3-18(13-23)15-29-12-10-19-16-30(17-24(19)29)25(31)28-21-4-2-11-27-14-21/h1-9,11,13-14,19,24H,10,12,15-17H2,(H,28,31). The number of nitrogens with one attached hydrogen (secondary N) is 1. The van der Waals surface area contributed by atoms with Gasteiger partial charge < -0.3 is 15.0 Å². The van der Waals surface area contributed by atoms with E-state index >= 15 is 0 Å². The van der Waals surface area contributed by atoms with Crippen LogP contribution in [0.15, 0.2) is 73.1 Å². The predicted octanol–water partition coefficient (Wildman–Crippen LogP) is 5.27. The van der Waals surface area contributed by atoms with Crippen molar-refractivity contribution >= 4 is 23.3 Å². The Morgan fingerprint density at radius 1 is 1.09 bits per heavy atom. The number of amides is 2. The number of ether oxygens (including phenoxy) is 1. The molecule has 2 saturated heterocycles.